The molecule has 0 aliphatic heterocycles. The molecule has 2 rings (SSSR count). The van der Waals surface area contributed by atoms with E-state index in [1.807, 2.05) is 38.4 Å². The molecule has 2 amide bonds. The minimum atomic E-state index is -0.202. The standard InChI is InChI=1S/C17H27N3O2/c1-20(2)12-14-6-3-7-15(9-14)19-17(22)18-11-13-5-4-8-16(21)10-13/h3,6-7,9,13,16,21H,4-5,8,10-12H2,1-2H3,(H2,18,19,22). The van der Waals surface area contributed by atoms with Crippen LogP contribution in [0.2, 0.25) is 0 Å². The average molecular weight is 305 g/mol. The summed E-state index contributed by atoms with van der Waals surface area (Å²) in [5, 5.41) is 15.4. The minimum absolute atomic E-state index is 0.179. The first-order valence-corrected chi connectivity index (χ1v) is 7.99. The summed E-state index contributed by atoms with van der Waals surface area (Å²) >= 11 is 0. The maximum absolute atomic E-state index is 12.0. The Bertz CT molecular complexity index is 491. The van der Waals surface area contributed by atoms with Crippen molar-refractivity contribution in [1.29, 1.82) is 0 Å². The third-order valence-electron chi connectivity index (χ3n) is 3.99. The van der Waals surface area contributed by atoms with Gasteiger partial charge in [0, 0.05) is 18.8 Å². The van der Waals surface area contributed by atoms with Crippen LogP contribution >= 0.6 is 0 Å². The van der Waals surface area contributed by atoms with Crippen molar-refractivity contribution in [3.05, 3.63) is 29.8 Å². The smallest absolute Gasteiger partial charge is 0.319 e. The monoisotopic (exact) mass is 305 g/mol. The molecular weight excluding hydrogens is 278 g/mol. The first kappa shape index (κ1) is 16.8. The third kappa shape index (κ3) is 5.66. The zero-order valence-corrected chi connectivity index (χ0v) is 13.5. The van der Waals surface area contributed by atoms with Gasteiger partial charge in [-0.05, 0) is 57.0 Å². The topological polar surface area (TPSA) is 64.6 Å². The van der Waals surface area contributed by atoms with E-state index in [1.54, 1.807) is 0 Å². The van der Waals surface area contributed by atoms with E-state index in [1.165, 1.54) is 5.56 Å². The van der Waals surface area contributed by atoms with E-state index >= 15 is 0 Å². The van der Waals surface area contributed by atoms with Crippen LogP contribution in [0.15, 0.2) is 24.3 Å². The summed E-state index contributed by atoms with van der Waals surface area (Å²) in [6.45, 7) is 1.47. The van der Waals surface area contributed by atoms with Gasteiger partial charge in [-0.3, -0.25) is 0 Å². The number of urea groups is 1. The van der Waals surface area contributed by atoms with Gasteiger partial charge < -0.3 is 20.6 Å². The van der Waals surface area contributed by atoms with E-state index in [9.17, 15) is 9.90 Å². The molecule has 2 unspecified atom stereocenters. The molecule has 0 saturated heterocycles. The highest BCUT2D eigenvalue weighted by atomic mass is 16.3. The number of carbonyl (C=O) groups excluding carboxylic acids is 1. The van der Waals surface area contributed by atoms with Gasteiger partial charge in [0.25, 0.3) is 0 Å². The predicted octanol–water partition coefficient (Wildman–Crippen LogP) is 2.42. The Morgan fingerprint density at radius 3 is 2.91 bits per heavy atom. The molecule has 5 nitrogen and oxygen atoms in total. The Hall–Kier alpha value is -1.59. The summed E-state index contributed by atoms with van der Waals surface area (Å²) < 4.78 is 0. The van der Waals surface area contributed by atoms with Crippen molar-refractivity contribution in [2.75, 3.05) is 26.0 Å². The molecule has 1 aromatic carbocycles. The maximum Gasteiger partial charge on any atom is 0.319 e. The fourth-order valence-electron chi connectivity index (χ4n) is 2.97. The second kappa shape index (κ2) is 8.15. The van der Waals surface area contributed by atoms with E-state index in [2.05, 4.69) is 15.5 Å². The van der Waals surface area contributed by atoms with E-state index in [-0.39, 0.29) is 12.1 Å². The molecule has 0 radical (unpaired) electrons. The Morgan fingerprint density at radius 1 is 1.36 bits per heavy atom. The maximum atomic E-state index is 12.0. The molecule has 1 aromatic rings. The van der Waals surface area contributed by atoms with Crippen LogP contribution in [0.4, 0.5) is 10.5 Å². The molecule has 0 spiro atoms. The van der Waals surface area contributed by atoms with Gasteiger partial charge in [-0.15, -0.1) is 0 Å². The minimum Gasteiger partial charge on any atom is -0.393 e. The summed E-state index contributed by atoms with van der Waals surface area (Å²) in [7, 11) is 4.04. The molecule has 1 fully saturated rings. The molecule has 5 heteroatoms. The third-order valence-corrected chi connectivity index (χ3v) is 3.99. The number of nitrogens with one attached hydrogen (secondary N) is 2. The van der Waals surface area contributed by atoms with Crippen LogP contribution in [-0.2, 0) is 6.54 Å². The molecule has 3 N–H and O–H groups in total. The molecule has 122 valence electrons. The van der Waals surface area contributed by atoms with E-state index in [0.29, 0.717) is 12.5 Å². The number of hydrogen-bond acceptors (Lipinski definition) is 3. The van der Waals surface area contributed by atoms with Crippen molar-refractivity contribution < 1.29 is 9.90 Å². The number of anilines is 1. The van der Waals surface area contributed by atoms with Gasteiger partial charge in [-0.25, -0.2) is 4.79 Å². The van der Waals surface area contributed by atoms with Crippen LogP contribution in [-0.4, -0.2) is 42.8 Å². The van der Waals surface area contributed by atoms with Crippen molar-refractivity contribution >= 4 is 11.7 Å². The van der Waals surface area contributed by atoms with Gasteiger partial charge in [0.2, 0.25) is 0 Å². The number of aliphatic hydroxyl groups excluding tert-OH is 1. The summed E-state index contributed by atoms with van der Waals surface area (Å²) in [6, 6.07) is 7.70. The number of amides is 2. The van der Waals surface area contributed by atoms with Crippen molar-refractivity contribution in [2.24, 2.45) is 5.92 Å². The molecule has 1 aliphatic rings. The Morgan fingerprint density at radius 2 is 2.18 bits per heavy atom. The molecule has 0 aromatic heterocycles. The van der Waals surface area contributed by atoms with E-state index in [0.717, 1.165) is 37.9 Å². The van der Waals surface area contributed by atoms with Crippen molar-refractivity contribution in [2.45, 2.75) is 38.3 Å². The largest absolute Gasteiger partial charge is 0.393 e. The first-order chi connectivity index (χ1) is 10.5. The molecule has 2 atom stereocenters. The van der Waals surface area contributed by atoms with Crippen molar-refractivity contribution in [1.82, 2.24) is 10.2 Å². The highest BCUT2D eigenvalue weighted by molar-refractivity contribution is 5.89. The van der Waals surface area contributed by atoms with Crippen molar-refractivity contribution in [3.63, 3.8) is 0 Å². The number of aliphatic hydroxyl groups is 1. The normalized spacial score (nSPS) is 21.6. The van der Waals surface area contributed by atoms with Gasteiger partial charge >= 0.3 is 6.03 Å². The highest BCUT2D eigenvalue weighted by Crippen LogP contribution is 2.23. The lowest BCUT2D eigenvalue weighted by atomic mass is 9.87. The number of rotatable bonds is 5. The SMILES string of the molecule is CN(C)Cc1cccc(NC(=O)NCC2CCCC(O)C2)c1. The first-order valence-electron chi connectivity index (χ1n) is 7.99. The van der Waals surface area contributed by atoms with Crippen LogP contribution in [0.25, 0.3) is 0 Å². The van der Waals surface area contributed by atoms with Crippen LogP contribution in [0, 0.1) is 5.92 Å². The lowest BCUT2D eigenvalue weighted by molar-refractivity contribution is 0.101. The number of benzene rings is 1. The fourth-order valence-corrected chi connectivity index (χ4v) is 2.97. The number of nitrogens with zero attached hydrogens (tertiary/aromatic N) is 1. The van der Waals surface area contributed by atoms with E-state index in [4.69, 9.17) is 0 Å². The van der Waals surface area contributed by atoms with Crippen LogP contribution in [0.3, 0.4) is 0 Å². The number of hydrogen-bond donors (Lipinski definition) is 3. The van der Waals surface area contributed by atoms with Gasteiger partial charge in [0.15, 0.2) is 0 Å². The summed E-state index contributed by atoms with van der Waals surface area (Å²) in [4.78, 5) is 14.1. The van der Waals surface area contributed by atoms with Gasteiger partial charge in [-0.1, -0.05) is 18.6 Å². The second-order valence-electron chi connectivity index (χ2n) is 6.46. The van der Waals surface area contributed by atoms with Crippen LogP contribution in [0.1, 0.15) is 31.2 Å². The molecular formula is C17H27N3O2. The molecule has 1 aliphatic carbocycles. The van der Waals surface area contributed by atoms with Gasteiger partial charge in [0.1, 0.15) is 0 Å². The van der Waals surface area contributed by atoms with Crippen molar-refractivity contribution in [3.8, 4) is 0 Å². The van der Waals surface area contributed by atoms with Gasteiger partial charge in [-0.2, -0.15) is 0 Å². The molecule has 0 heterocycles. The highest BCUT2D eigenvalue weighted by Gasteiger charge is 2.20. The predicted molar refractivity (Wildman–Crippen MR) is 88.8 cm³/mol. The molecule has 0 bridgehead atoms. The van der Waals surface area contributed by atoms with Crippen LogP contribution < -0.4 is 10.6 Å². The zero-order valence-electron chi connectivity index (χ0n) is 13.5. The zero-order chi connectivity index (χ0) is 15.9. The second-order valence-corrected chi connectivity index (χ2v) is 6.46. The molecule has 22 heavy (non-hydrogen) atoms. The lowest BCUT2D eigenvalue weighted by Crippen LogP contribution is -2.35. The Labute approximate surface area is 132 Å². The Kier molecular flexibility index (Phi) is 6.21. The average Bonchev–Trinajstić information content (AvgIpc) is 2.45. The van der Waals surface area contributed by atoms with Gasteiger partial charge in [0.05, 0.1) is 6.10 Å². The molecule has 1 saturated carbocycles. The lowest BCUT2D eigenvalue weighted by Gasteiger charge is -2.25. The summed E-state index contributed by atoms with van der Waals surface area (Å²) in [5.41, 5.74) is 1.97. The fraction of sp³-hybridized carbons (Fsp3) is 0.588. The van der Waals surface area contributed by atoms with E-state index < -0.39 is 0 Å². The quantitative estimate of drug-likeness (QED) is 0.783. The van der Waals surface area contributed by atoms with Crippen LogP contribution in [0.5, 0.6) is 0 Å². The summed E-state index contributed by atoms with van der Waals surface area (Å²) in [5.74, 6) is 0.384. The number of carbonyl (C=O) groups is 1. The Balaban J connectivity index is 1.79. The summed E-state index contributed by atoms with van der Waals surface area (Å²) in [6.07, 6.45) is 3.60.